The van der Waals surface area contributed by atoms with Gasteiger partial charge in [-0.15, -0.1) is 0 Å². The Hall–Kier alpha value is -0.970. The summed E-state index contributed by atoms with van der Waals surface area (Å²) in [7, 11) is 0. The van der Waals surface area contributed by atoms with Crippen LogP contribution >= 0.6 is 15.9 Å². The van der Waals surface area contributed by atoms with Crippen LogP contribution in [-0.2, 0) is 4.79 Å². The molecule has 0 aromatic carbocycles. The number of amides is 1. The molecule has 0 atom stereocenters. The normalized spacial score (nSPS) is 11.1. The highest BCUT2D eigenvalue weighted by Gasteiger charge is 2.21. The predicted octanol–water partition coefficient (Wildman–Crippen LogP) is 2.22. The van der Waals surface area contributed by atoms with Crippen LogP contribution in [0.15, 0.2) is 16.9 Å². The number of hydrogen-bond donors (Lipinski definition) is 1. The molecule has 1 rings (SSSR count). The standard InChI is InChI=1S/C9H12BrN3O/c1-9(2,3)7(14)13-8-11-4-6(10)5-12-8/h4-5H,1-3H3,(H,11,12,13,14). The van der Waals surface area contributed by atoms with Gasteiger partial charge in [0.05, 0.1) is 4.47 Å². The van der Waals surface area contributed by atoms with Gasteiger partial charge in [-0.05, 0) is 15.9 Å². The lowest BCUT2D eigenvalue weighted by atomic mass is 9.96. The van der Waals surface area contributed by atoms with Crippen molar-refractivity contribution < 1.29 is 4.79 Å². The molecule has 14 heavy (non-hydrogen) atoms. The number of aromatic nitrogens is 2. The zero-order chi connectivity index (χ0) is 10.8. The number of carbonyl (C=O) groups excluding carboxylic acids is 1. The summed E-state index contributed by atoms with van der Waals surface area (Å²) < 4.78 is 0.784. The summed E-state index contributed by atoms with van der Waals surface area (Å²) in [4.78, 5) is 19.4. The van der Waals surface area contributed by atoms with E-state index in [9.17, 15) is 4.79 Å². The predicted molar refractivity (Wildman–Crippen MR) is 57.8 cm³/mol. The van der Waals surface area contributed by atoms with Gasteiger partial charge in [0.1, 0.15) is 0 Å². The van der Waals surface area contributed by atoms with Crippen LogP contribution < -0.4 is 5.32 Å². The molecule has 0 spiro atoms. The molecule has 0 aliphatic carbocycles. The molecule has 0 fully saturated rings. The number of rotatable bonds is 1. The third kappa shape index (κ3) is 3.06. The van der Waals surface area contributed by atoms with Crippen LogP contribution in [0.25, 0.3) is 0 Å². The van der Waals surface area contributed by atoms with Gasteiger partial charge in [-0.25, -0.2) is 9.97 Å². The zero-order valence-corrected chi connectivity index (χ0v) is 9.92. The molecule has 0 saturated heterocycles. The van der Waals surface area contributed by atoms with Crippen LogP contribution in [0.2, 0.25) is 0 Å². The Kier molecular flexibility index (Phi) is 3.21. The van der Waals surface area contributed by atoms with Gasteiger partial charge in [-0.1, -0.05) is 20.8 Å². The minimum Gasteiger partial charge on any atom is -0.294 e. The van der Waals surface area contributed by atoms with E-state index in [4.69, 9.17) is 0 Å². The Bertz CT molecular complexity index is 329. The topological polar surface area (TPSA) is 54.9 Å². The molecule has 0 unspecified atom stereocenters. The largest absolute Gasteiger partial charge is 0.294 e. The Morgan fingerprint density at radius 2 is 1.86 bits per heavy atom. The number of anilines is 1. The van der Waals surface area contributed by atoms with E-state index in [1.165, 1.54) is 0 Å². The Labute approximate surface area is 91.3 Å². The first-order valence-corrected chi connectivity index (χ1v) is 4.98. The second-order valence-corrected chi connectivity index (χ2v) is 4.84. The van der Waals surface area contributed by atoms with Crippen molar-refractivity contribution in [2.75, 3.05) is 5.32 Å². The van der Waals surface area contributed by atoms with Gasteiger partial charge in [0, 0.05) is 17.8 Å². The smallest absolute Gasteiger partial charge is 0.232 e. The Balaban J connectivity index is 2.71. The quantitative estimate of drug-likeness (QED) is 0.840. The summed E-state index contributed by atoms with van der Waals surface area (Å²) in [6.07, 6.45) is 3.18. The van der Waals surface area contributed by atoms with E-state index >= 15 is 0 Å². The fourth-order valence-corrected chi connectivity index (χ4v) is 0.871. The SMILES string of the molecule is CC(C)(C)C(=O)Nc1ncc(Br)cn1. The van der Waals surface area contributed by atoms with Crippen LogP contribution in [0.3, 0.4) is 0 Å². The molecule has 1 aromatic rings. The molecule has 0 aliphatic heterocycles. The van der Waals surface area contributed by atoms with Gasteiger partial charge in [0.25, 0.3) is 0 Å². The van der Waals surface area contributed by atoms with Gasteiger partial charge in [-0.3, -0.25) is 10.1 Å². The fourth-order valence-electron chi connectivity index (χ4n) is 0.666. The van der Waals surface area contributed by atoms with Gasteiger partial charge < -0.3 is 0 Å². The maximum absolute atomic E-state index is 11.5. The molecule has 1 heterocycles. The van der Waals surface area contributed by atoms with Crippen molar-refractivity contribution in [3.63, 3.8) is 0 Å². The van der Waals surface area contributed by atoms with Gasteiger partial charge in [-0.2, -0.15) is 0 Å². The highest BCUT2D eigenvalue weighted by atomic mass is 79.9. The summed E-state index contributed by atoms with van der Waals surface area (Å²) in [5, 5.41) is 2.63. The first-order valence-electron chi connectivity index (χ1n) is 4.18. The van der Waals surface area contributed by atoms with Crippen molar-refractivity contribution in [1.82, 2.24) is 9.97 Å². The van der Waals surface area contributed by atoms with Gasteiger partial charge in [0.2, 0.25) is 11.9 Å². The van der Waals surface area contributed by atoms with Crippen molar-refractivity contribution in [2.45, 2.75) is 20.8 Å². The van der Waals surface area contributed by atoms with Gasteiger partial charge in [0.15, 0.2) is 0 Å². The minimum atomic E-state index is -0.434. The van der Waals surface area contributed by atoms with Crippen LogP contribution in [0.5, 0.6) is 0 Å². The lowest BCUT2D eigenvalue weighted by molar-refractivity contribution is -0.123. The number of carbonyl (C=O) groups is 1. The molecule has 0 bridgehead atoms. The van der Waals surface area contributed by atoms with Crippen LogP contribution in [0.4, 0.5) is 5.95 Å². The number of halogens is 1. The second kappa shape index (κ2) is 4.04. The average molecular weight is 258 g/mol. The summed E-state index contributed by atoms with van der Waals surface area (Å²) >= 11 is 3.21. The first kappa shape index (κ1) is 11.1. The maximum Gasteiger partial charge on any atom is 0.232 e. The monoisotopic (exact) mass is 257 g/mol. The lowest BCUT2D eigenvalue weighted by Gasteiger charge is -2.16. The molecule has 1 aromatic heterocycles. The lowest BCUT2D eigenvalue weighted by Crippen LogP contribution is -2.28. The van der Waals surface area contributed by atoms with E-state index in [-0.39, 0.29) is 5.91 Å². The zero-order valence-electron chi connectivity index (χ0n) is 8.34. The van der Waals surface area contributed by atoms with E-state index in [1.807, 2.05) is 20.8 Å². The molecule has 5 heteroatoms. The van der Waals surface area contributed by atoms with Gasteiger partial charge >= 0.3 is 0 Å². The Morgan fingerprint density at radius 1 is 1.36 bits per heavy atom. The van der Waals surface area contributed by atoms with E-state index in [0.29, 0.717) is 5.95 Å². The summed E-state index contributed by atoms with van der Waals surface area (Å²) in [6, 6.07) is 0. The van der Waals surface area contributed by atoms with Crippen molar-refractivity contribution in [1.29, 1.82) is 0 Å². The third-order valence-electron chi connectivity index (χ3n) is 1.53. The highest BCUT2D eigenvalue weighted by Crippen LogP contribution is 2.15. The molecule has 76 valence electrons. The van der Waals surface area contributed by atoms with Crippen molar-refractivity contribution in [3.8, 4) is 0 Å². The van der Waals surface area contributed by atoms with Crippen LogP contribution in [0.1, 0.15) is 20.8 Å². The number of nitrogens with one attached hydrogen (secondary N) is 1. The first-order chi connectivity index (χ1) is 6.39. The molecule has 0 radical (unpaired) electrons. The van der Waals surface area contributed by atoms with E-state index in [2.05, 4.69) is 31.2 Å². The van der Waals surface area contributed by atoms with E-state index < -0.39 is 5.41 Å². The van der Waals surface area contributed by atoms with Crippen LogP contribution in [-0.4, -0.2) is 15.9 Å². The third-order valence-corrected chi connectivity index (χ3v) is 1.94. The van der Waals surface area contributed by atoms with Crippen molar-refractivity contribution >= 4 is 27.8 Å². The van der Waals surface area contributed by atoms with Crippen LogP contribution in [0, 0.1) is 5.41 Å². The molecule has 0 aliphatic rings. The van der Waals surface area contributed by atoms with E-state index in [0.717, 1.165) is 4.47 Å². The van der Waals surface area contributed by atoms with E-state index in [1.54, 1.807) is 12.4 Å². The second-order valence-electron chi connectivity index (χ2n) is 3.93. The Morgan fingerprint density at radius 3 is 2.29 bits per heavy atom. The summed E-state index contributed by atoms with van der Waals surface area (Å²) in [6.45, 7) is 5.50. The summed E-state index contributed by atoms with van der Waals surface area (Å²) in [5.74, 6) is 0.230. The molecule has 4 nitrogen and oxygen atoms in total. The average Bonchev–Trinajstić information content (AvgIpc) is 2.07. The summed E-state index contributed by atoms with van der Waals surface area (Å²) in [5.41, 5.74) is -0.434. The van der Waals surface area contributed by atoms with Crippen molar-refractivity contribution in [2.24, 2.45) is 5.41 Å². The number of nitrogens with zero attached hydrogens (tertiary/aromatic N) is 2. The highest BCUT2D eigenvalue weighted by molar-refractivity contribution is 9.10. The molecule has 0 saturated carbocycles. The molecule has 1 N–H and O–H groups in total. The molecule has 1 amide bonds. The minimum absolute atomic E-state index is 0.0974. The fraction of sp³-hybridized carbons (Fsp3) is 0.444. The molecular weight excluding hydrogens is 246 g/mol. The van der Waals surface area contributed by atoms with Crippen molar-refractivity contribution in [3.05, 3.63) is 16.9 Å². The maximum atomic E-state index is 11.5. The molecular formula is C9H12BrN3O. The number of hydrogen-bond acceptors (Lipinski definition) is 3.